The molecule has 0 bridgehead atoms. The summed E-state index contributed by atoms with van der Waals surface area (Å²) in [6, 6.07) is 1.93. The van der Waals surface area contributed by atoms with Crippen molar-refractivity contribution < 1.29 is 9.53 Å². The number of amides is 1. The summed E-state index contributed by atoms with van der Waals surface area (Å²) in [5, 5.41) is 11.1. The highest BCUT2D eigenvalue weighted by molar-refractivity contribution is 5.81. The smallest absolute Gasteiger partial charge is 0.249 e. The lowest BCUT2D eigenvalue weighted by Gasteiger charge is -2.13. The van der Waals surface area contributed by atoms with Gasteiger partial charge in [0, 0.05) is 12.6 Å². The largest absolute Gasteiger partial charge is 0.368 e. The van der Waals surface area contributed by atoms with Gasteiger partial charge in [-0.05, 0) is 19.8 Å². The van der Waals surface area contributed by atoms with Gasteiger partial charge >= 0.3 is 0 Å². The number of rotatable bonds is 3. The molecule has 0 saturated carbocycles. The first kappa shape index (κ1) is 10.0. The minimum absolute atomic E-state index is 0.0818. The van der Waals surface area contributed by atoms with E-state index in [-0.39, 0.29) is 18.1 Å². The molecule has 0 radical (unpaired) electrons. The molecule has 1 heterocycles. The topological polar surface area (TPSA) is 62.1 Å². The van der Waals surface area contributed by atoms with E-state index in [9.17, 15) is 4.79 Å². The first-order valence-corrected chi connectivity index (χ1v) is 4.53. The van der Waals surface area contributed by atoms with Gasteiger partial charge < -0.3 is 10.1 Å². The quantitative estimate of drug-likeness (QED) is 0.694. The van der Waals surface area contributed by atoms with Crippen molar-refractivity contribution in [2.75, 3.05) is 6.61 Å². The summed E-state index contributed by atoms with van der Waals surface area (Å²) in [7, 11) is 0. The molecular formula is C9H14N2O2. The summed E-state index contributed by atoms with van der Waals surface area (Å²) < 4.78 is 5.20. The van der Waals surface area contributed by atoms with E-state index in [1.165, 1.54) is 0 Å². The molecule has 0 aliphatic carbocycles. The van der Waals surface area contributed by atoms with Crippen LogP contribution in [-0.4, -0.2) is 24.7 Å². The van der Waals surface area contributed by atoms with E-state index in [0.717, 1.165) is 12.8 Å². The normalized spacial score (nSPS) is 23.5. The second kappa shape index (κ2) is 4.83. The molecule has 1 aliphatic heterocycles. The number of nitrogens with one attached hydrogen (secondary N) is 1. The first-order valence-electron chi connectivity index (χ1n) is 4.53. The Labute approximate surface area is 77.9 Å². The zero-order valence-corrected chi connectivity index (χ0v) is 7.75. The van der Waals surface area contributed by atoms with Crippen LogP contribution in [0.4, 0.5) is 0 Å². The van der Waals surface area contributed by atoms with Crippen LogP contribution >= 0.6 is 0 Å². The lowest BCUT2D eigenvalue weighted by atomic mass is 10.2. The molecule has 2 unspecified atom stereocenters. The monoisotopic (exact) mass is 182 g/mol. The number of carbonyl (C=O) groups excluding carboxylic acids is 1. The van der Waals surface area contributed by atoms with Crippen LogP contribution in [0.5, 0.6) is 0 Å². The maximum Gasteiger partial charge on any atom is 0.249 e. The minimum Gasteiger partial charge on any atom is -0.368 e. The summed E-state index contributed by atoms with van der Waals surface area (Å²) in [5.41, 5.74) is 0. The average Bonchev–Trinajstić information content (AvgIpc) is 2.55. The molecule has 1 fully saturated rings. The van der Waals surface area contributed by atoms with Crippen molar-refractivity contribution in [1.29, 1.82) is 5.26 Å². The lowest BCUT2D eigenvalue weighted by Crippen LogP contribution is -2.39. The number of ether oxygens (including phenoxy) is 1. The van der Waals surface area contributed by atoms with Gasteiger partial charge in [0.15, 0.2) is 0 Å². The molecule has 13 heavy (non-hydrogen) atoms. The molecular weight excluding hydrogens is 168 g/mol. The highest BCUT2D eigenvalue weighted by atomic mass is 16.5. The third-order valence-electron chi connectivity index (χ3n) is 2.01. The fraction of sp³-hybridized carbons (Fsp3) is 0.778. The van der Waals surface area contributed by atoms with E-state index in [4.69, 9.17) is 10.00 Å². The summed E-state index contributed by atoms with van der Waals surface area (Å²) in [6.45, 7) is 2.49. The lowest BCUT2D eigenvalue weighted by molar-refractivity contribution is -0.130. The van der Waals surface area contributed by atoms with Gasteiger partial charge in [0.2, 0.25) is 5.91 Å². The highest BCUT2D eigenvalue weighted by Gasteiger charge is 2.24. The van der Waals surface area contributed by atoms with Gasteiger partial charge in [0.1, 0.15) is 6.10 Å². The fourth-order valence-corrected chi connectivity index (χ4v) is 1.31. The number of nitriles is 1. The first-order chi connectivity index (χ1) is 6.24. The summed E-state index contributed by atoms with van der Waals surface area (Å²) >= 11 is 0. The molecule has 1 amide bonds. The maximum atomic E-state index is 11.4. The Morgan fingerprint density at radius 2 is 2.62 bits per heavy atom. The molecule has 1 rings (SSSR count). The van der Waals surface area contributed by atoms with E-state index in [2.05, 4.69) is 5.32 Å². The van der Waals surface area contributed by atoms with Crippen molar-refractivity contribution in [3.63, 3.8) is 0 Å². The Bertz CT molecular complexity index is 216. The van der Waals surface area contributed by atoms with E-state index in [0.29, 0.717) is 13.0 Å². The van der Waals surface area contributed by atoms with Gasteiger partial charge in [-0.1, -0.05) is 0 Å². The van der Waals surface area contributed by atoms with Crippen molar-refractivity contribution in [1.82, 2.24) is 5.32 Å². The Hall–Kier alpha value is -1.08. The van der Waals surface area contributed by atoms with Crippen molar-refractivity contribution in [2.45, 2.75) is 38.3 Å². The van der Waals surface area contributed by atoms with Crippen LogP contribution in [0, 0.1) is 11.3 Å². The van der Waals surface area contributed by atoms with E-state index >= 15 is 0 Å². The maximum absolute atomic E-state index is 11.4. The van der Waals surface area contributed by atoms with Crippen molar-refractivity contribution in [3.8, 4) is 6.07 Å². The molecule has 2 atom stereocenters. The Morgan fingerprint density at radius 3 is 3.15 bits per heavy atom. The van der Waals surface area contributed by atoms with E-state index in [1.54, 1.807) is 0 Å². The zero-order valence-electron chi connectivity index (χ0n) is 7.75. The standard InChI is InChI=1S/C9H14N2O2/c1-7(4-5-10)11-9(12)8-3-2-6-13-8/h7-8H,2-4,6H2,1H3,(H,11,12). The van der Waals surface area contributed by atoms with Gasteiger partial charge in [0.25, 0.3) is 0 Å². The van der Waals surface area contributed by atoms with E-state index in [1.807, 2.05) is 13.0 Å². The zero-order chi connectivity index (χ0) is 9.68. The molecule has 1 saturated heterocycles. The molecule has 0 aromatic rings. The highest BCUT2D eigenvalue weighted by Crippen LogP contribution is 2.11. The Kier molecular flexibility index (Phi) is 3.71. The molecule has 72 valence electrons. The fourth-order valence-electron chi connectivity index (χ4n) is 1.31. The number of hydrogen-bond donors (Lipinski definition) is 1. The predicted octanol–water partition coefficient (Wildman–Crippen LogP) is 0.584. The summed E-state index contributed by atoms with van der Waals surface area (Å²) in [6.07, 6.45) is 1.80. The van der Waals surface area contributed by atoms with Crippen LogP contribution in [0.2, 0.25) is 0 Å². The van der Waals surface area contributed by atoms with Gasteiger partial charge in [-0.25, -0.2) is 0 Å². The van der Waals surface area contributed by atoms with Crippen LogP contribution in [0.3, 0.4) is 0 Å². The second-order valence-corrected chi connectivity index (χ2v) is 3.27. The van der Waals surface area contributed by atoms with Crippen molar-refractivity contribution in [2.24, 2.45) is 0 Å². The van der Waals surface area contributed by atoms with Gasteiger partial charge in [0.05, 0.1) is 12.5 Å². The molecule has 0 aromatic carbocycles. The van der Waals surface area contributed by atoms with Crippen LogP contribution in [-0.2, 0) is 9.53 Å². The Balaban J connectivity index is 2.28. The SMILES string of the molecule is CC(CC#N)NC(=O)C1CCCO1. The van der Waals surface area contributed by atoms with Crippen molar-refractivity contribution >= 4 is 5.91 Å². The van der Waals surface area contributed by atoms with Crippen LogP contribution < -0.4 is 5.32 Å². The summed E-state index contributed by atoms with van der Waals surface area (Å²) in [4.78, 5) is 11.4. The summed E-state index contributed by atoms with van der Waals surface area (Å²) in [5.74, 6) is -0.0831. The van der Waals surface area contributed by atoms with Crippen LogP contribution in [0.15, 0.2) is 0 Å². The number of nitrogens with zero attached hydrogens (tertiary/aromatic N) is 1. The van der Waals surface area contributed by atoms with Crippen molar-refractivity contribution in [3.05, 3.63) is 0 Å². The predicted molar refractivity (Wildman–Crippen MR) is 46.8 cm³/mol. The molecule has 0 aromatic heterocycles. The molecule has 0 spiro atoms. The van der Waals surface area contributed by atoms with Gasteiger partial charge in [-0.15, -0.1) is 0 Å². The number of hydrogen-bond acceptors (Lipinski definition) is 3. The second-order valence-electron chi connectivity index (χ2n) is 3.27. The average molecular weight is 182 g/mol. The molecule has 1 aliphatic rings. The molecule has 4 heteroatoms. The van der Waals surface area contributed by atoms with Gasteiger partial charge in [-0.2, -0.15) is 5.26 Å². The molecule has 4 nitrogen and oxygen atoms in total. The Morgan fingerprint density at radius 1 is 1.85 bits per heavy atom. The van der Waals surface area contributed by atoms with Crippen LogP contribution in [0.25, 0.3) is 0 Å². The number of carbonyl (C=O) groups is 1. The third kappa shape index (κ3) is 3.03. The third-order valence-corrected chi connectivity index (χ3v) is 2.01. The van der Waals surface area contributed by atoms with Crippen LogP contribution in [0.1, 0.15) is 26.2 Å². The van der Waals surface area contributed by atoms with Gasteiger partial charge in [-0.3, -0.25) is 4.79 Å². The van der Waals surface area contributed by atoms with E-state index < -0.39 is 0 Å². The molecule has 1 N–H and O–H groups in total. The minimum atomic E-state index is -0.291.